The quantitative estimate of drug-likeness (QED) is 0.925. The Morgan fingerprint density at radius 3 is 2.14 bits per heavy atom. The van der Waals surface area contributed by atoms with E-state index in [0.29, 0.717) is 33.4 Å². The molecule has 2 rings (SSSR count). The van der Waals surface area contributed by atoms with Gasteiger partial charge in [0.2, 0.25) is 5.75 Å². The second-order valence-electron chi connectivity index (χ2n) is 4.50. The molecule has 0 spiro atoms. The molecule has 0 aromatic heterocycles. The zero-order valence-electron chi connectivity index (χ0n) is 12.4. The number of hydrogen-bond donors (Lipinski definition) is 1. The van der Waals surface area contributed by atoms with Gasteiger partial charge in [0.15, 0.2) is 11.5 Å². The lowest BCUT2D eigenvalue weighted by atomic mass is 10.0. The molecule has 0 heterocycles. The molecule has 21 heavy (non-hydrogen) atoms. The first-order valence-corrected chi connectivity index (χ1v) is 6.69. The minimum Gasteiger partial charge on any atom is -0.507 e. The van der Waals surface area contributed by atoms with Crippen molar-refractivity contribution >= 4 is 11.6 Å². The van der Waals surface area contributed by atoms with Crippen LogP contribution in [0.25, 0.3) is 11.1 Å². The van der Waals surface area contributed by atoms with Gasteiger partial charge in [-0.2, -0.15) is 0 Å². The molecule has 0 unspecified atom stereocenters. The Kier molecular flexibility index (Phi) is 4.48. The molecule has 0 atom stereocenters. The van der Waals surface area contributed by atoms with Gasteiger partial charge in [0.05, 0.1) is 21.3 Å². The van der Waals surface area contributed by atoms with Crippen LogP contribution in [0.5, 0.6) is 23.0 Å². The summed E-state index contributed by atoms with van der Waals surface area (Å²) in [5.74, 6) is 1.61. The highest BCUT2D eigenvalue weighted by molar-refractivity contribution is 6.31. The van der Waals surface area contributed by atoms with Gasteiger partial charge in [0.1, 0.15) is 5.75 Å². The molecule has 0 saturated carbocycles. The van der Waals surface area contributed by atoms with Crippen molar-refractivity contribution in [2.45, 2.75) is 6.92 Å². The summed E-state index contributed by atoms with van der Waals surface area (Å²) in [6.45, 7) is 1.87. The van der Waals surface area contributed by atoms with E-state index in [2.05, 4.69) is 0 Å². The number of halogens is 1. The van der Waals surface area contributed by atoms with Crippen molar-refractivity contribution in [3.8, 4) is 34.1 Å². The molecule has 2 aromatic rings. The van der Waals surface area contributed by atoms with Crippen LogP contribution in [-0.2, 0) is 0 Å². The van der Waals surface area contributed by atoms with Crippen LogP contribution in [-0.4, -0.2) is 26.4 Å². The van der Waals surface area contributed by atoms with Crippen LogP contribution in [0.2, 0.25) is 5.02 Å². The normalized spacial score (nSPS) is 10.3. The van der Waals surface area contributed by atoms with Crippen molar-refractivity contribution < 1.29 is 19.3 Å². The molecule has 0 radical (unpaired) electrons. The molecular formula is C16H17ClO4. The number of aryl methyl sites for hydroxylation is 1. The zero-order valence-corrected chi connectivity index (χ0v) is 13.1. The summed E-state index contributed by atoms with van der Waals surface area (Å²) in [5, 5.41) is 10.7. The fourth-order valence-electron chi connectivity index (χ4n) is 2.20. The number of ether oxygens (including phenoxy) is 3. The van der Waals surface area contributed by atoms with E-state index in [4.69, 9.17) is 25.8 Å². The van der Waals surface area contributed by atoms with Crippen LogP contribution >= 0.6 is 11.6 Å². The highest BCUT2D eigenvalue weighted by atomic mass is 35.5. The topological polar surface area (TPSA) is 47.9 Å². The fourth-order valence-corrected chi connectivity index (χ4v) is 2.36. The third-order valence-corrected chi connectivity index (χ3v) is 3.68. The van der Waals surface area contributed by atoms with Crippen molar-refractivity contribution in [3.63, 3.8) is 0 Å². The minimum absolute atomic E-state index is 0.0797. The molecule has 0 aliphatic rings. The van der Waals surface area contributed by atoms with E-state index < -0.39 is 0 Å². The first-order chi connectivity index (χ1) is 10.0. The molecule has 2 aromatic carbocycles. The Balaban J connectivity index is 2.72. The lowest BCUT2D eigenvalue weighted by Gasteiger charge is -2.17. The van der Waals surface area contributed by atoms with E-state index >= 15 is 0 Å². The molecule has 0 aliphatic heterocycles. The number of phenols is 1. The Morgan fingerprint density at radius 1 is 0.905 bits per heavy atom. The van der Waals surface area contributed by atoms with Gasteiger partial charge in [0.25, 0.3) is 0 Å². The van der Waals surface area contributed by atoms with Crippen LogP contribution in [0.4, 0.5) is 0 Å². The molecule has 4 nitrogen and oxygen atoms in total. The number of methoxy groups -OCH3 is 3. The summed E-state index contributed by atoms with van der Waals surface area (Å²) in [5.41, 5.74) is 2.18. The Bertz CT molecular complexity index is 668. The van der Waals surface area contributed by atoms with Crippen molar-refractivity contribution in [3.05, 3.63) is 34.9 Å². The summed E-state index contributed by atoms with van der Waals surface area (Å²) in [4.78, 5) is 0. The maximum absolute atomic E-state index is 10.2. The molecule has 112 valence electrons. The van der Waals surface area contributed by atoms with Gasteiger partial charge in [-0.05, 0) is 36.8 Å². The molecule has 0 bridgehead atoms. The van der Waals surface area contributed by atoms with Gasteiger partial charge in [-0.15, -0.1) is 0 Å². The van der Waals surface area contributed by atoms with Crippen LogP contribution in [0, 0.1) is 6.92 Å². The second-order valence-corrected chi connectivity index (χ2v) is 4.91. The van der Waals surface area contributed by atoms with Crippen LogP contribution in [0.3, 0.4) is 0 Å². The zero-order chi connectivity index (χ0) is 15.6. The van der Waals surface area contributed by atoms with Gasteiger partial charge < -0.3 is 19.3 Å². The average Bonchev–Trinajstić information content (AvgIpc) is 2.49. The van der Waals surface area contributed by atoms with Crippen molar-refractivity contribution in [2.24, 2.45) is 0 Å². The van der Waals surface area contributed by atoms with E-state index in [1.165, 1.54) is 13.2 Å². The number of aromatic hydroxyl groups is 1. The van der Waals surface area contributed by atoms with Crippen LogP contribution in [0.1, 0.15) is 5.56 Å². The summed E-state index contributed by atoms with van der Waals surface area (Å²) in [7, 11) is 4.64. The Morgan fingerprint density at radius 2 is 1.57 bits per heavy atom. The summed E-state index contributed by atoms with van der Waals surface area (Å²) >= 11 is 6.02. The van der Waals surface area contributed by atoms with Gasteiger partial charge in [-0.25, -0.2) is 0 Å². The predicted octanol–water partition coefficient (Wildman–Crippen LogP) is 4.05. The maximum atomic E-state index is 10.2. The Labute approximate surface area is 128 Å². The fraction of sp³-hybridized carbons (Fsp3) is 0.250. The van der Waals surface area contributed by atoms with Gasteiger partial charge in [0, 0.05) is 16.1 Å². The van der Waals surface area contributed by atoms with E-state index in [9.17, 15) is 5.11 Å². The van der Waals surface area contributed by atoms with Gasteiger partial charge in [-0.3, -0.25) is 0 Å². The SMILES string of the molecule is COc1ccc(-c2cc(C)c(Cl)cc2O)c(OC)c1OC. The molecule has 0 fully saturated rings. The van der Waals surface area contributed by atoms with Crippen molar-refractivity contribution in [2.75, 3.05) is 21.3 Å². The molecular weight excluding hydrogens is 292 g/mol. The van der Waals surface area contributed by atoms with E-state index in [0.717, 1.165) is 5.56 Å². The molecule has 0 aliphatic carbocycles. The molecule has 0 amide bonds. The first-order valence-electron chi connectivity index (χ1n) is 6.32. The average molecular weight is 309 g/mol. The van der Waals surface area contributed by atoms with E-state index in [-0.39, 0.29) is 5.75 Å². The third kappa shape index (κ3) is 2.72. The van der Waals surface area contributed by atoms with Crippen molar-refractivity contribution in [1.29, 1.82) is 0 Å². The highest BCUT2D eigenvalue weighted by Gasteiger charge is 2.19. The lowest BCUT2D eigenvalue weighted by molar-refractivity contribution is 0.325. The molecule has 1 N–H and O–H groups in total. The summed E-state index contributed by atoms with van der Waals surface area (Å²) in [6, 6.07) is 6.90. The molecule has 0 saturated heterocycles. The standard InChI is InChI=1S/C16H17ClO4/c1-9-7-11(13(18)8-12(9)17)10-5-6-14(19-2)16(21-4)15(10)20-3/h5-8,18H,1-4H3. The van der Waals surface area contributed by atoms with Crippen molar-refractivity contribution in [1.82, 2.24) is 0 Å². The van der Waals surface area contributed by atoms with Crippen LogP contribution < -0.4 is 14.2 Å². The first kappa shape index (κ1) is 15.3. The number of hydrogen-bond acceptors (Lipinski definition) is 4. The van der Waals surface area contributed by atoms with Crippen LogP contribution in [0.15, 0.2) is 24.3 Å². The number of phenolic OH excluding ortho intramolecular Hbond substituents is 1. The van der Waals surface area contributed by atoms with Gasteiger partial charge in [-0.1, -0.05) is 11.6 Å². The number of rotatable bonds is 4. The minimum atomic E-state index is 0.0797. The second kappa shape index (κ2) is 6.14. The lowest BCUT2D eigenvalue weighted by Crippen LogP contribution is -1.97. The number of benzene rings is 2. The third-order valence-electron chi connectivity index (χ3n) is 3.27. The smallest absolute Gasteiger partial charge is 0.203 e. The largest absolute Gasteiger partial charge is 0.507 e. The monoisotopic (exact) mass is 308 g/mol. The summed E-state index contributed by atoms with van der Waals surface area (Å²) < 4.78 is 16.1. The Hall–Kier alpha value is -2.07. The van der Waals surface area contributed by atoms with E-state index in [1.807, 2.05) is 13.0 Å². The maximum Gasteiger partial charge on any atom is 0.203 e. The summed E-state index contributed by atoms with van der Waals surface area (Å²) in [6.07, 6.45) is 0. The van der Waals surface area contributed by atoms with E-state index in [1.54, 1.807) is 26.4 Å². The van der Waals surface area contributed by atoms with Gasteiger partial charge >= 0.3 is 0 Å². The highest BCUT2D eigenvalue weighted by Crippen LogP contribution is 2.47. The predicted molar refractivity (Wildman–Crippen MR) is 82.9 cm³/mol. The molecule has 5 heteroatoms.